The molecule has 0 bridgehead atoms. The molecule has 2 rings (SSSR count). The standard InChI is InChI=1S/C18H27N3O2/c1-14(2)13-23-18(21-11-9-20(4)10-12-21)19-17(22)16-8-6-5-7-15(16)3/h5-8,14H,9-13H2,1-4H3/p+1. The fraction of sp³-hybridized carbons (Fsp3) is 0.556. The number of carbonyl (C=O) groups is 1. The van der Waals surface area contributed by atoms with Crippen LogP contribution in [0.15, 0.2) is 29.3 Å². The van der Waals surface area contributed by atoms with Gasteiger partial charge < -0.3 is 14.5 Å². The van der Waals surface area contributed by atoms with Crippen LogP contribution >= 0.6 is 0 Å². The molecule has 0 aliphatic carbocycles. The van der Waals surface area contributed by atoms with Crippen molar-refractivity contribution in [3.63, 3.8) is 0 Å². The van der Waals surface area contributed by atoms with Gasteiger partial charge in [0.2, 0.25) is 0 Å². The minimum Gasteiger partial charge on any atom is -0.465 e. The highest BCUT2D eigenvalue weighted by Gasteiger charge is 2.23. The van der Waals surface area contributed by atoms with Crippen LogP contribution in [-0.4, -0.2) is 56.7 Å². The fourth-order valence-corrected chi connectivity index (χ4v) is 2.48. The molecule has 1 heterocycles. The lowest BCUT2D eigenvalue weighted by Gasteiger charge is -2.31. The number of piperazine rings is 1. The zero-order chi connectivity index (χ0) is 16.8. The van der Waals surface area contributed by atoms with Crippen LogP contribution in [0.25, 0.3) is 0 Å². The molecule has 1 fully saturated rings. The Labute approximate surface area is 138 Å². The first-order valence-electron chi connectivity index (χ1n) is 8.35. The van der Waals surface area contributed by atoms with Gasteiger partial charge in [0.25, 0.3) is 11.9 Å². The summed E-state index contributed by atoms with van der Waals surface area (Å²) in [6.45, 7) is 10.5. The third-order valence-electron chi connectivity index (χ3n) is 4.01. The molecule has 1 aliphatic rings. The number of nitrogens with one attached hydrogen (secondary N) is 1. The molecular formula is C18H28N3O2+. The number of likely N-dealkylation sites (N-methyl/N-ethyl adjacent to an activating group) is 1. The first-order chi connectivity index (χ1) is 11.0. The normalized spacial score (nSPS) is 16.7. The molecule has 1 aromatic rings. The van der Waals surface area contributed by atoms with E-state index in [9.17, 15) is 4.79 Å². The highest BCUT2D eigenvalue weighted by Crippen LogP contribution is 2.10. The summed E-state index contributed by atoms with van der Waals surface area (Å²) in [5.41, 5.74) is 1.57. The van der Waals surface area contributed by atoms with Crippen LogP contribution in [0.1, 0.15) is 29.8 Å². The number of aryl methyl sites for hydroxylation is 1. The van der Waals surface area contributed by atoms with E-state index in [1.54, 1.807) is 0 Å². The Hall–Kier alpha value is -1.88. The van der Waals surface area contributed by atoms with E-state index >= 15 is 0 Å². The quantitative estimate of drug-likeness (QED) is 0.668. The van der Waals surface area contributed by atoms with E-state index in [1.165, 1.54) is 4.90 Å². The van der Waals surface area contributed by atoms with Crippen molar-refractivity contribution in [3.05, 3.63) is 35.4 Å². The molecule has 1 amide bonds. The maximum Gasteiger partial charge on any atom is 0.295 e. The number of ether oxygens (including phenoxy) is 1. The monoisotopic (exact) mass is 318 g/mol. The second kappa shape index (κ2) is 8.11. The second-order valence-corrected chi connectivity index (χ2v) is 6.66. The second-order valence-electron chi connectivity index (χ2n) is 6.66. The van der Waals surface area contributed by atoms with E-state index < -0.39 is 0 Å². The lowest BCUT2D eigenvalue weighted by Crippen LogP contribution is -3.12. The summed E-state index contributed by atoms with van der Waals surface area (Å²) >= 11 is 0. The molecule has 126 valence electrons. The van der Waals surface area contributed by atoms with Crippen molar-refractivity contribution in [1.82, 2.24) is 4.90 Å². The molecule has 0 atom stereocenters. The Morgan fingerprint density at radius 2 is 1.96 bits per heavy atom. The van der Waals surface area contributed by atoms with Crippen molar-refractivity contribution in [3.8, 4) is 0 Å². The number of aliphatic imine (C=N–C) groups is 1. The summed E-state index contributed by atoms with van der Waals surface area (Å²) in [4.78, 5) is 20.4. The van der Waals surface area contributed by atoms with Crippen LogP contribution < -0.4 is 4.90 Å². The van der Waals surface area contributed by atoms with E-state index in [4.69, 9.17) is 4.74 Å². The largest absolute Gasteiger partial charge is 0.465 e. The van der Waals surface area contributed by atoms with Gasteiger partial charge in [0.1, 0.15) is 0 Å². The average Bonchev–Trinajstić information content (AvgIpc) is 2.52. The van der Waals surface area contributed by atoms with Crippen molar-refractivity contribution in [2.75, 3.05) is 39.8 Å². The Kier molecular flexibility index (Phi) is 6.16. The summed E-state index contributed by atoms with van der Waals surface area (Å²) in [5, 5.41) is 0. The molecule has 0 saturated carbocycles. The summed E-state index contributed by atoms with van der Waals surface area (Å²) in [5.74, 6) is 0.167. The molecule has 5 heteroatoms. The number of benzene rings is 1. The van der Waals surface area contributed by atoms with Gasteiger partial charge in [-0.25, -0.2) is 0 Å². The Morgan fingerprint density at radius 3 is 2.57 bits per heavy atom. The van der Waals surface area contributed by atoms with Crippen LogP contribution in [-0.2, 0) is 4.74 Å². The molecule has 23 heavy (non-hydrogen) atoms. The van der Waals surface area contributed by atoms with E-state index in [0.29, 0.717) is 24.1 Å². The molecule has 1 aromatic carbocycles. The van der Waals surface area contributed by atoms with Crippen molar-refractivity contribution in [2.45, 2.75) is 20.8 Å². The van der Waals surface area contributed by atoms with Gasteiger partial charge in [-0.1, -0.05) is 32.0 Å². The predicted octanol–water partition coefficient (Wildman–Crippen LogP) is 0.994. The average molecular weight is 318 g/mol. The van der Waals surface area contributed by atoms with Crippen LogP contribution in [0.3, 0.4) is 0 Å². The summed E-state index contributed by atoms with van der Waals surface area (Å²) in [6.07, 6.45) is 0. The third kappa shape index (κ3) is 5.06. The predicted molar refractivity (Wildman–Crippen MR) is 91.9 cm³/mol. The zero-order valence-corrected chi connectivity index (χ0v) is 14.6. The molecule has 0 spiro atoms. The minimum absolute atomic E-state index is 0.229. The molecular weight excluding hydrogens is 290 g/mol. The topological polar surface area (TPSA) is 46.3 Å². The summed E-state index contributed by atoms with van der Waals surface area (Å²) < 4.78 is 5.86. The lowest BCUT2D eigenvalue weighted by atomic mass is 10.1. The van der Waals surface area contributed by atoms with Crippen LogP contribution in [0, 0.1) is 12.8 Å². The number of carbonyl (C=O) groups excluding carboxylic acids is 1. The van der Waals surface area contributed by atoms with Gasteiger partial charge in [-0.2, -0.15) is 4.99 Å². The number of rotatable bonds is 3. The van der Waals surface area contributed by atoms with E-state index in [0.717, 1.165) is 31.7 Å². The van der Waals surface area contributed by atoms with Crippen molar-refractivity contribution in [1.29, 1.82) is 0 Å². The number of quaternary nitrogens is 1. The third-order valence-corrected chi connectivity index (χ3v) is 4.01. The molecule has 1 N–H and O–H groups in total. The minimum atomic E-state index is -0.229. The van der Waals surface area contributed by atoms with Crippen molar-refractivity contribution < 1.29 is 14.4 Å². The summed E-state index contributed by atoms with van der Waals surface area (Å²) in [7, 11) is 2.18. The number of hydrogen-bond acceptors (Lipinski definition) is 2. The smallest absolute Gasteiger partial charge is 0.295 e. The van der Waals surface area contributed by atoms with Gasteiger partial charge in [-0.3, -0.25) is 4.79 Å². The van der Waals surface area contributed by atoms with Crippen molar-refractivity contribution in [2.24, 2.45) is 10.9 Å². The van der Waals surface area contributed by atoms with Gasteiger partial charge >= 0.3 is 0 Å². The van der Waals surface area contributed by atoms with Gasteiger partial charge in [-0.15, -0.1) is 0 Å². The van der Waals surface area contributed by atoms with E-state index in [2.05, 4.69) is 30.8 Å². The number of hydrogen-bond donors (Lipinski definition) is 1. The molecule has 1 saturated heterocycles. The Morgan fingerprint density at radius 1 is 1.30 bits per heavy atom. The first kappa shape index (κ1) is 17.5. The first-order valence-corrected chi connectivity index (χ1v) is 8.35. The van der Waals surface area contributed by atoms with Gasteiger partial charge in [-0.05, 0) is 24.5 Å². The zero-order valence-electron chi connectivity index (χ0n) is 14.6. The Balaban J connectivity index is 2.18. The highest BCUT2D eigenvalue weighted by atomic mass is 16.5. The maximum atomic E-state index is 12.5. The maximum absolute atomic E-state index is 12.5. The highest BCUT2D eigenvalue weighted by molar-refractivity contribution is 6.02. The number of amides is 1. The number of nitrogens with zero attached hydrogens (tertiary/aromatic N) is 2. The van der Waals surface area contributed by atoms with Gasteiger partial charge in [0.05, 0.1) is 39.8 Å². The Bertz CT molecular complexity index is 561. The fourth-order valence-electron chi connectivity index (χ4n) is 2.48. The van der Waals surface area contributed by atoms with Gasteiger partial charge in [0, 0.05) is 5.56 Å². The summed E-state index contributed by atoms with van der Waals surface area (Å²) in [6, 6.07) is 8.00. The molecule has 0 aromatic heterocycles. The lowest BCUT2D eigenvalue weighted by molar-refractivity contribution is -0.883. The SMILES string of the molecule is Cc1ccccc1C(=O)N=C(OCC(C)C)N1CC[NH+](C)CC1. The van der Waals surface area contributed by atoms with E-state index in [1.807, 2.05) is 31.2 Å². The molecule has 1 aliphatic heterocycles. The van der Waals surface area contributed by atoms with Crippen molar-refractivity contribution >= 4 is 11.9 Å². The number of amidine groups is 1. The molecule has 5 nitrogen and oxygen atoms in total. The molecule has 0 unspecified atom stereocenters. The van der Waals surface area contributed by atoms with Gasteiger partial charge in [0.15, 0.2) is 0 Å². The van der Waals surface area contributed by atoms with Crippen LogP contribution in [0.2, 0.25) is 0 Å². The molecule has 0 radical (unpaired) electrons. The van der Waals surface area contributed by atoms with Crippen LogP contribution in [0.4, 0.5) is 0 Å². The van der Waals surface area contributed by atoms with Crippen LogP contribution in [0.5, 0.6) is 0 Å². The van der Waals surface area contributed by atoms with E-state index in [-0.39, 0.29) is 5.91 Å².